The minimum atomic E-state index is 0.975. The number of hydrogen-bond donors (Lipinski definition) is 0. The molecule has 2 fully saturated rings. The summed E-state index contributed by atoms with van der Waals surface area (Å²) in [5, 5.41) is 0. The van der Waals surface area contributed by atoms with Gasteiger partial charge >= 0.3 is 0 Å². The fraction of sp³-hybridized carbons (Fsp3) is 0.944. The molecule has 0 aromatic rings. The first-order valence-corrected chi connectivity index (χ1v) is 8.73. The summed E-state index contributed by atoms with van der Waals surface area (Å²) in [4.78, 5) is 0. The summed E-state index contributed by atoms with van der Waals surface area (Å²) >= 11 is 0. The van der Waals surface area contributed by atoms with Crippen LogP contribution in [0.2, 0.25) is 0 Å². The van der Waals surface area contributed by atoms with Gasteiger partial charge in [-0.1, -0.05) is 77.6 Å². The molecule has 0 aliphatic heterocycles. The van der Waals surface area contributed by atoms with E-state index in [1.807, 2.05) is 0 Å². The van der Waals surface area contributed by atoms with Crippen LogP contribution in [-0.4, -0.2) is 0 Å². The molecule has 2 rings (SSSR count). The highest BCUT2D eigenvalue weighted by Crippen LogP contribution is 2.35. The van der Waals surface area contributed by atoms with Gasteiger partial charge in [0.1, 0.15) is 0 Å². The molecule has 2 aliphatic rings. The van der Waals surface area contributed by atoms with Crippen molar-refractivity contribution in [3.8, 4) is 0 Å². The summed E-state index contributed by atoms with van der Waals surface area (Å²) < 4.78 is 0. The Hall–Kier alpha value is 0. The highest BCUT2D eigenvalue weighted by Gasteiger charge is 2.22. The van der Waals surface area contributed by atoms with E-state index in [4.69, 9.17) is 0 Å². The molecule has 0 bridgehead atoms. The molecule has 0 nitrogen and oxygen atoms in total. The van der Waals surface area contributed by atoms with Gasteiger partial charge in [-0.15, -0.1) is 0 Å². The molecule has 2 aliphatic carbocycles. The van der Waals surface area contributed by atoms with Crippen molar-refractivity contribution < 1.29 is 0 Å². The van der Waals surface area contributed by atoms with Gasteiger partial charge in [0.25, 0.3) is 0 Å². The second-order valence-corrected chi connectivity index (χ2v) is 6.78. The quantitative estimate of drug-likeness (QED) is 0.529. The van der Waals surface area contributed by atoms with Crippen LogP contribution < -0.4 is 0 Å². The molecular weight excluding hydrogens is 216 g/mol. The summed E-state index contributed by atoms with van der Waals surface area (Å²) in [6.07, 6.45) is 22.0. The van der Waals surface area contributed by atoms with Gasteiger partial charge in [-0.3, -0.25) is 0 Å². The third-order valence-electron chi connectivity index (χ3n) is 5.53. The summed E-state index contributed by atoms with van der Waals surface area (Å²) in [5.74, 6) is 3.08. The lowest BCUT2D eigenvalue weighted by molar-refractivity contribution is 0.227. The maximum absolute atomic E-state index is 2.69. The minimum Gasteiger partial charge on any atom is -0.0651 e. The van der Waals surface area contributed by atoms with E-state index < -0.39 is 0 Å². The zero-order valence-electron chi connectivity index (χ0n) is 12.5. The Labute approximate surface area is 115 Å². The molecule has 0 aromatic heterocycles. The van der Waals surface area contributed by atoms with Crippen LogP contribution in [0.5, 0.6) is 0 Å². The maximum atomic E-state index is 2.69. The van der Waals surface area contributed by atoms with Crippen LogP contribution in [0.4, 0.5) is 0 Å². The fourth-order valence-corrected chi connectivity index (χ4v) is 4.29. The average Bonchev–Trinajstić information content (AvgIpc) is 2.46. The van der Waals surface area contributed by atoms with E-state index in [0.717, 1.165) is 17.8 Å². The lowest BCUT2D eigenvalue weighted by Gasteiger charge is -2.30. The van der Waals surface area contributed by atoms with Crippen LogP contribution in [0.15, 0.2) is 0 Å². The first-order chi connectivity index (χ1) is 8.90. The third kappa shape index (κ3) is 4.59. The summed E-state index contributed by atoms with van der Waals surface area (Å²) in [5.41, 5.74) is 0. The number of rotatable bonds is 6. The average molecular weight is 249 g/mol. The van der Waals surface area contributed by atoms with Crippen LogP contribution >= 0.6 is 0 Å². The van der Waals surface area contributed by atoms with Crippen molar-refractivity contribution in [2.45, 2.75) is 90.4 Å². The molecule has 0 saturated heterocycles. The van der Waals surface area contributed by atoms with Crippen molar-refractivity contribution >= 4 is 0 Å². The van der Waals surface area contributed by atoms with E-state index >= 15 is 0 Å². The zero-order valence-corrected chi connectivity index (χ0v) is 12.5. The predicted octanol–water partition coefficient (Wildman–Crippen LogP) is 6.16. The van der Waals surface area contributed by atoms with Crippen molar-refractivity contribution in [2.75, 3.05) is 0 Å². The van der Waals surface area contributed by atoms with Gasteiger partial charge in [-0.25, -0.2) is 0 Å². The molecule has 0 amide bonds. The molecule has 105 valence electrons. The molecule has 0 heterocycles. The van der Waals surface area contributed by atoms with E-state index in [-0.39, 0.29) is 0 Å². The molecule has 0 heteroatoms. The molecule has 18 heavy (non-hydrogen) atoms. The van der Waals surface area contributed by atoms with E-state index in [0.29, 0.717) is 0 Å². The Balaban J connectivity index is 1.63. The Kier molecular flexibility index (Phi) is 6.59. The van der Waals surface area contributed by atoms with E-state index in [2.05, 4.69) is 13.3 Å². The smallest absolute Gasteiger partial charge is 0.0355 e. The van der Waals surface area contributed by atoms with Crippen molar-refractivity contribution in [3.63, 3.8) is 0 Å². The van der Waals surface area contributed by atoms with Crippen LogP contribution in [0.3, 0.4) is 0 Å². The molecule has 0 N–H and O–H groups in total. The highest BCUT2D eigenvalue weighted by molar-refractivity contribution is 4.81. The largest absolute Gasteiger partial charge is 0.0651 e. The predicted molar refractivity (Wildman–Crippen MR) is 80.5 cm³/mol. The zero-order chi connectivity index (χ0) is 12.6. The molecule has 0 aromatic carbocycles. The maximum Gasteiger partial charge on any atom is -0.0355 e. The van der Waals surface area contributed by atoms with Crippen LogP contribution in [0, 0.1) is 24.2 Å². The van der Waals surface area contributed by atoms with Crippen LogP contribution in [0.1, 0.15) is 90.4 Å². The van der Waals surface area contributed by atoms with Gasteiger partial charge in [0, 0.05) is 0 Å². The van der Waals surface area contributed by atoms with Crippen molar-refractivity contribution in [3.05, 3.63) is 6.42 Å². The van der Waals surface area contributed by atoms with Gasteiger partial charge in [0.15, 0.2) is 0 Å². The highest BCUT2D eigenvalue weighted by atomic mass is 14.3. The van der Waals surface area contributed by atoms with Gasteiger partial charge in [0.05, 0.1) is 0 Å². The normalized spacial score (nSPS) is 25.2. The van der Waals surface area contributed by atoms with Crippen molar-refractivity contribution in [2.24, 2.45) is 17.8 Å². The summed E-state index contributed by atoms with van der Waals surface area (Å²) in [7, 11) is 0. The van der Waals surface area contributed by atoms with E-state index in [1.165, 1.54) is 83.5 Å². The number of hydrogen-bond acceptors (Lipinski definition) is 0. The minimum absolute atomic E-state index is 0.975. The Morgan fingerprint density at radius 2 is 1.50 bits per heavy atom. The Morgan fingerprint density at radius 1 is 0.889 bits per heavy atom. The SMILES string of the molecule is CCC(CC[CH]C1CCCCC1)C1CCCCC1. The summed E-state index contributed by atoms with van der Waals surface area (Å²) in [6.45, 7) is 2.42. The Bertz CT molecular complexity index is 196. The van der Waals surface area contributed by atoms with E-state index in [9.17, 15) is 0 Å². The Morgan fingerprint density at radius 3 is 2.11 bits per heavy atom. The van der Waals surface area contributed by atoms with Gasteiger partial charge < -0.3 is 0 Å². The van der Waals surface area contributed by atoms with E-state index in [1.54, 1.807) is 0 Å². The third-order valence-corrected chi connectivity index (χ3v) is 5.53. The molecule has 0 spiro atoms. The van der Waals surface area contributed by atoms with Crippen LogP contribution in [-0.2, 0) is 0 Å². The summed E-state index contributed by atoms with van der Waals surface area (Å²) in [6, 6.07) is 0. The lowest BCUT2D eigenvalue weighted by atomic mass is 9.76. The van der Waals surface area contributed by atoms with Gasteiger partial charge in [-0.05, 0) is 37.0 Å². The monoisotopic (exact) mass is 249 g/mol. The topological polar surface area (TPSA) is 0 Å². The molecule has 1 radical (unpaired) electrons. The van der Waals surface area contributed by atoms with Gasteiger partial charge in [0.2, 0.25) is 0 Å². The van der Waals surface area contributed by atoms with Gasteiger partial charge in [-0.2, -0.15) is 0 Å². The second kappa shape index (κ2) is 8.23. The van der Waals surface area contributed by atoms with Crippen molar-refractivity contribution in [1.82, 2.24) is 0 Å². The standard InChI is InChI=1S/C18H33/c1-2-17(18-13-7-4-8-14-18)15-9-12-16-10-5-3-6-11-16/h12,16-18H,2-11,13-15H2,1H3. The molecule has 2 saturated carbocycles. The molecule has 1 atom stereocenters. The van der Waals surface area contributed by atoms with Crippen molar-refractivity contribution in [1.29, 1.82) is 0 Å². The fourth-order valence-electron chi connectivity index (χ4n) is 4.29. The first-order valence-electron chi connectivity index (χ1n) is 8.73. The van der Waals surface area contributed by atoms with Crippen LogP contribution in [0.25, 0.3) is 0 Å². The second-order valence-electron chi connectivity index (χ2n) is 6.78. The molecular formula is C18H33. The lowest BCUT2D eigenvalue weighted by Crippen LogP contribution is -2.18. The molecule has 1 unspecified atom stereocenters. The first kappa shape index (κ1) is 14.4.